The van der Waals surface area contributed by atoms with Gasteiger partial charge in [-0.25, -0.2) is 14.4 Å². The lowest BCUT2D eigenvalue weighted by atomic mass is 10.2. The first-order valence-electron chi connectivity index (χ1n) is 7.07. The zero-order valence-corrected chi connectivity index (χ0v) is 12.0. The van der Waals surface area contributed by atoms with E-state index in [1.165, 1.54) is 11.9 Å². The molecule has 5 nitrogen and oxygen atoms in total. The Labute approximate surface area is 123 Å². The third-order valence-corrected chi connectivity index (χ3v) is 3.75. The summed E-state index contributed by atoms with van der Waals surface area (Å²) in [6.07, 6.45) is 5.09. The smallest absolute Gasteiger partial charge is 0.186 e. The molecule has 0 unspecified atom stereocenters. The minimum absolute atomic E-state index is 0.307. The highest BCUT2D eigenvalue weighted by Gasteiger charge is 2.21. The van der Waals surface area contributed by atoms with Crippen LogP contribution in [0, 0.1) is 12.7 Å². The van der Waals surface area contributed by atoms with Gasteiger partial charge in [0, 0.05) is 45.1 Å². The zero-order chi connectivity index (χ0) is 14.7. The molecule has 1 fully saturated rings. The fourth-order valence-corrected chi connectivity index (χ4v) is 2.53. The van der Waals surface area contributed by atoms with Gasteiger partial charge in [-0.1, -0.05) is 6.07 Å². The molecule has 0 amide bonds. The van der Waals surface area contributed by atoms with Gasteiger partial charge in [0.1, 0.15) is 6.33 Å². The Morgan fingerprint density at radius 1 is 1.19 bits per heavy atom. The molecule has 0 bridgehead atoms. The van der Waals surface area contributed by atoms with Gasteiger partial charge in [0.15, 0.2) is 11.6 Å². The lowest BCUT2D eigenvalue weighted by Gasteiger charge is -2.35. The van der Waals surface area contributed by atoms with Gasteiger partial charge in [0.25, 0.3) is 0 Å². The minimum atomic E-state index is -0.307. The van der Waals surface area contributed by atoms with Crippen LogP contribution in [0.1, 0.15) is 11.3 Å². The highest BCUT2D eigenvalue weighted by Crippen LogP contribution is 2.19. The summed E-state index contributed by atoms with van der Waals surface area (Å²) in [7, 11) is 0. The second-order valence-corrected chi connectivity index (χ2v) is 5.22. The van der Waals surface area contributed by atoms with Crippen LogP contribution in [0.3, 0.4) is 0 Å². The second-order valence-electron chi connectivity index (χ2n) is 5.22. The molecule has 3 rings (SSSR count). The summed E-state index contributed by atoms with van der Waals surface area (Å²) in [6.45, 7) is 5.86. The van der Waals surface area contributed by atoms with E-state index in [1.807, 2.05) is 17.2 Å². The highest BCUT2D eigenvalue weighted by molar-refractivity contribution is 5.41. The Kier molecular flexibility index (Phi) is 4.06. The molecule has 3 heterocycles. The molecule has 0 saturated carbocycles. The summed E-state index contributed by atoms with van der Waals surface area (Å²) in [5, 5.41) is 0. The lowest BCUT2D eigenvalue weighted by Crippen LogP contribution is -2.46. The van der Waals surface area contributed by atoms with Gasteiger partial charge in [-0.05, 0) is 18.6 Å². The van der Waals surface area contributed by atoms with E-state index in [0.29, 0.717) is 11.5 Å². The standard InChI is InChI=1S/C15H18FN5/c1-12-14(16)15(19-11-18-12)21-7-5-20(6-8-21)10-13-3-2-4-17-9-13/h2-4,9,11H,5-8,10H2,1H3. The van der Waals surface area contributed by atoms with Gasteiger partial charge < -0.3 is 4.90 Å². The van der Waals surface area contributed by atoms with Crippen LogP contribution in [0.2, 0.25) is 0 Å². The number of halogens is 1. The maximum Gasteiger partial charge on any atom is 0.186 e. The average molecular weight is 287 g/mol. The largest absolute Gasteiger partial charge is 0.352 e. The summed E-state index contributed by atoms with van der Waals surface area (Å²) in [5.74, 6) is 0.113. The summed E-state index contributed by atoms with van der Waals surface area (Å²) in [5.41, 5.74) is 1.60. The molecule has 21 heavy (non-hydrogen) atoms. The van der Waals surface area contributed by atoms with Gasteiger partial charge in [0.2, 0.25) is 0 Å². The molecular weight excluding hydrogens is 269 g/mol. The summed E-state index contributed by atoms with van der Waals surface area (Å²) in [4.78, 5) is 16.4. The zero-order valence-electron chi connectivity index (χ0n) is 12.0. The molecule has 0 N–H and O–H groups in total. The Morgan fingerprint density at radius 3 is 2.71 bits per heavy atom. The van der Waals surface area contributed by atoms with Gasteiger partial charge in [-0.3, -0.25) is 9.88 Å². The van der Waals surface area contributed by atoms with E-state index in [1.54, 1.807) is 13.1 Å². The van der Waals surface area contributed by atoms with Crippen LogP contribution >= 0.6 is 0 Å². The van der Waals surface area contributed by atoms with Crippen LogP contribution in [0.25, 0.3) is 0 Å². The van der Waals surface area contributed by atoms with Crippen molar-refractivity contribution in [1.82, 2.24) is 19.9 Å². The quantitative estimate of drug-likeness (QED) is 0.859. The molecule has 0 aromatic carbocycles. The van der Waals surface area contributed by atoms with Crippen molar-refractivity contribution >= 4 is 5.82 Å². The van der Waals surface area contributed by atoms with Gasteiger partial charge in [-0.2, -0.15) is 0 Å². The lowest BCUT2D eigenvalue weighted by molar-refractivity contribution is 0.248. The number of aryl methyl sites for hydroxylation is 1. The first kappa shape index (κ1) is 13.9. The predicted octanol–water partition coefficient (Wildman–Crippen LogP) is 1.64. The van der Waals surface area contributed by atoms with Crippen molar-refractivity contribution in [2.24, 2.45) is 0 Å². The number of hydrogen-bond acceptors (Lipinski definition) is 5. The third kappa shape index (κ3) is 3.16. The molecule has 1 saturated heterocycles. The fourth-order valence-electron chi connectivity index (χ4n) is 2.53. The number of piperazine rings is 1. The van der Waals surface area contributed by atoms with E-state index in [0.717, 1.165) is 32.7 Å². The van der Waals surface area contributed by atoms with Crippen molar-refractivity contribution in [1.29, 1.82) is 0 Å². The number of rotatable bonds is 3. The molecule has 2 aromatic heterocycles. The van der Waals surface area contributed by atoms with Crippen LogP contribution in [0.5, 0.6) is 0 Å². The van der Waals surface area contributed by atoms with Crippen molar-refractivity contribution in [2.75, 3.05) is 31.1 Å². The number of pyridine rings is 1. The Bertz CT molecular complexity index is 596. The van der Waals surface area contributed by atoms with E-state index >= 15 is 0 Å². The van der Waals surface area contributed by atoms with Crippen molar-refractivity contribution in [2.45, 2.75) is 13.5 Å². The van der Waals surface area contributed by atoms with E-state index in [2.05, 4.69) is 25.9 Å². The van der Waals surface area contributed by atoms with Gasteiger partial charge >= 0.3 is 0 Å². The Morgan fingerprint density at radius 2 is 2.00 bits per heavy atom. The highest BCUT2D eigenvalue weighted by atomic mass is 19.1. The normalized spacial score (nSPS) is 16.2. The van der Waals surface area contributed by atoms with Crippen LogP contribution in [0.4, 0.5) is 10.2 Å². The fraction of sp³-hybridized carbons (Fsp3) is 0.400. The van der Waals surface area contributed by atoms with E-state index in [9.17, 15) is 4.39 Å². The number of anilines is 1. The molecule has 110 valence electrons. The van der Waals surface area contributed by atoms with Crippen LogP contribution in [-0.4, -0.2) is 46.0 Å². The summed E-state index contributed by atoms with van der Waals surface area (Å²) < 4.78 is 14.0. The van der Waals surface area contributed by atoms with Crippen LogP contribution in [0.15, 0.2) is 30.9 Å². The average Bonchev–Trinajstić information content (AvgIpc) is 2.52. The molecule has 0 radical (unpaired) electrons. The van der Waals surface area contributed by atoms with Crippen molar-refractivity contribution < 1.29 is 4.39 Å². The van der Waals surface area contributed by atoms with Crippen molar-refractivity contribution in [3.63, 3.8) is 0 Å². The van der Waals surface area contributed by atoms with Crippen LogP contribution in [-0.2, 0) is 6.54 Å². The number of nitrogens with zero attached hydrogens (tertiary/aromatic N) is 5. The maximum atomic E-state index is 14.0. The second kappa shape index (κ2) is 6.13. The molecule has 0 spiro atoms. The third-order valence-electron chi connectivity index (χ3n) is 3.75. The molecule has 1 aliphatic heterocycles. The topological polar surface area (TPSA) is 45.2 Å². The molecule has 1 aliphatic rings. The minimum Gasteiger partial charge on any atom is -0.352 e. The monoisotopic (exact) mass is 287 g/mol. The van der Waals surface area contributed by atoms with E-state index in [-0.39, 0.29) is 5.82 Å². The van der Waals surface area contributed by atoms with Crippen molar-refractivity contribution in [3.05, 3.63) is 47.9 Å². The summed E-state index contributed by atoms with van der Waals surface area (Å²) >= 11 is 0. The SMILES string of the molecule is Cc1ncnc(N2CCN(Cc3cccnc3)CC2)c1F. The Balaban J connectivity index is 1.61. The summed E-state index contributed by atoms with van der Waals surface area (Å²) in [6, 6.07) is 4.03. The molecule has 0 atom stereocenters. The molecule has 6 heteroatoms. The van der Waals surface area contributed by atoms with Gasteiger partial charge in [-0.15, -0.1) is 0 Å². The molecule has 2 aromatic rings. The van der Waals surface area contributed by atoms with E-state index in [4.69, 9.17) is 0 Å². The molecular formula is C15H18FN5. The Hall–Kier alpha value is -2.08. The van der Waals surface area contributed by atoms with Crippen molar-refractivity contribution in [3.8, 4) is 0 Å². The number of hydrogen-bond donors (Lipinski definition) is 0. The van der Waals surface area contributed by atoms with Crippen LogP contribution < -0.4 is 4.90 Å². The van der Waals surface area contributed by atoms with E-state index < -0.39 is 0 Å². The maximum absolute atomic E-state index is 14.0. The predicted molar refractivity (Wildman–Crippen MR) is 78.5 cm³/mol. The van der Waals surface area contributed by atoms with Gasteiger partial charge in [0.05, 0.1) is 5.69 Å². The first-order valence-corrected chi connectivity index (χ1v) is 7.07. The number of aromatic nitrogens is 3. The first-order chi connectivity index (χ1) is 10.2. The molecule has 0 aliphatic carbocycles.